The first-order chi connectivity index (χ1) is 10.8. The quantitative estimate of drug-likeness (QED) is 0.808. The molecule has 1 aromatic rings. The minimum atomic E-state index is -0.566. The van der Waals surface area contributed by atoms with Gasteiger partial charge in [0.2, 0.25) is 0 Å². The van der Waals surface area contributed by atoms with Crippen molar-refractivity contribution in [1.29, 1.82) is 0 Å². The van der Waals surface area contributed by atoms with Crippen LogP contribution in [0, 0.1) is 22.7 Å². The van der Waals surface area contributed by atoms with Crippen molar-refractivity contribution in [2.45, 2.75) is 65.1 Å². The molecule has 3 nitrogen and oxygen atoms in total. The molecular weight excluding hydrogens is 288 g/mol. The maximum absolute atomic E-state index is 10.6. The first kappa shape index (κ1) is 16.8. The molecule has 2 saturated carbocycles. The Hall–Kier alpha value is -1.06. The van der Waals surface area contributed by atoms with Crippen molar-refractivity contribution in [2.75, 3.05) is 0 Å². The zero-order valence-electron chi connectivity index (χ0n) is 14.6. The molecule has 0 saturated heterocycles. The molecule has 2 aliphatic rings. The summed E-state index contributed by atoms with van der Waals surface area (Å²) >= 11 is 0. The smallest absolute Gasteiger partial charge is 0.0960 e. The fraction of sp³-hybridized carbons (Fsp3) is 0.700. The minimum absolute atomic E-state index is 0.1000. The molecule has 3 heteroatoms. The monoisotopic (exact) mass is 318 g/mol. The van der Waals surface area contributed by atoms with E-state index < -0.39 is 12.2 Å². The summed E-state index contributed by atoms with van der Waals surface area (Å²) < 4.78 is 5.11. The van der Waals surface area contributed by atoms with E-state index in [2.05, 4.69) is 27.4 Å². The van der Waals surface area contributed by atoms with Gasteiger partial charge < -0.3 is 14.6 Å². The van der Waals surface area contributed by atoms with E-state index in [0.29, 0.717) is 12.3 Å². The van der Waals surface area contributed by atoms with Crippen LogP contribution in [0.5, 0.6) is 0 Å². The SMILES string of the molecule is C=C1[C@@H](O)C[C@H]2C(C)(C)CCC[C@]2(C)[C@H]1C[C@@H](O)c1ccoc1. The van der Waals surface area contributed by atoms with E-state index in [1.807, 2.05) is 6.07 Å². The molecule has 1 heterocycles. The highest BCUT2D eigenvalue weighted by atomic mass is 16.3. The maximum Gasteiger partial charge on any atom is 0.0960 e. The minimum Gasteiger partial charge on any atom is -0.472 e. The molecule has 23 heavy (non-hydrogen) atoms. The van der Waals surface area contributed by atoms with Crippen molar-refractivity contribution in [2.24, 2.45) is 22.7 Å². The van der Waals surface area contributed by atoms with Crippen LogP contribution in [-0.2, 0) is 0 Å². The summed E-state index contributed by atoms with van der Waals surface area (Å²) in [6.07, 6.45) is 7.17. The van der Waals surface area contributed by atoms with Gasteiger partial charge >= 0.3 is 0 Å². The van der Waals surface area contributed by atoms with Crippen LogP contribution in [-0.4, -0.2) is 16.3 Å². The van der Waals surface area contributed by atoms with Gasteiger partial charge in [0.1, 0.15) is 0 Å². The van der Waals surface area contributed by atoms with Crippen LogP contribution in [0.25, 0.3) is 0 Å². The van der Waals surface area contributed by atoms with Gasteiger partial charge in [0.05, 0.1) is 24.7 Å². The number of furan rings is 1. The molecule has 0 unspecified atom stereocenters. The first-order valence-corrected chi connectivity index (χ1v) is 8.82. The van der Waals surface area contributed by atoms with Crippen LogP contribution >= 0.6 is 0 Å². The lowest BCUT2D eigenvalue weighted by Crippen LogP contribution is -2.53. The average molecular weight is 318 g/mol. The van der Waals surface area contributed by atoms with E-state index in [4.69, 9.17) is 4.42 Å². The second-order valence-electron chi connectivity index (χ2n) is 8.59. The van der Waals surface area contributed by atoms with E-state index in [1.165, 1.54) is 12.8 Å². The normalized spacial score (nSPS) is 38.1. The molecule has 0 radical (unpaired) electrons. The lowest BCUT2D eigenvalue weighted by molar-refractivity contribution is -0.0913. The van der Waals surface area contributed by atoms with E-state index in [0.717, 1.165) is 24.0 Å². The number of aliphatic hydroxyl groups is 2. The highest BCUT2D eigenvalue weighted by Gasteiger charge is 2.55. The Morgan fingerprint density at radius 2 is 2.09 bits per heavy atom. The fourth-order valence-corrected chi connectivity index (χ4v) is 5.45. The van der Waals surface area contributed by atoms with Crippen LogP contribution in [0.15, 0.2) is 35.2 Å². The Bertz CT molecular complexity index is 559. The Labute approximate surface area is 139 Å². The average Bonchev–Trinajstić information content (AvgIpc) is 3.00. The first-order valence-electron chi connectivity index (χ1n) is 8.82. The molecule has 0 aliphatic heterocycles. The van der Waals surface area contributed by atoms with E-state index in [1.54, 1.807) is 12.5 Å². The van der Waals surface area contributed by atoms with Gasteiger partial charge in [-0.1, -0.05) is 33.8 Å². The van der Waals surface area contributed by atoms with Crippen molar-refractivity contribution in [1.82, 2.24) is 0 Å². The highest BCUT2D eigenvalue weighted by molar-refractivity contribution is 5.21. The van der Waals surface area contributed by atoms with Gasteiger partial charge in [-0.2, -0.15) is 0 Å². The lowest BCUT2D eigenvalue weighted by Gasteiger charge is -2.59. The van der Waals surface area contributed by atoms with Crippen molar-refractivity contribution < 1.29 is 14.6 Å². The maximum atomic E-state index is 10.6. The summed E-state index contributed by atoms with van der Waals surface area (Å²) in [4.78, 5) is 0. The Balaban J connectivity index is 1.90. The number of fused-ring (bicyclic) bond motifs is 1. The highest BCUT2D eigenvalue weighted by Crippen LogP contribution is 2.62. The fourth-order valence-electron chi connectivity index (χ4n) is 5.45. The molecular formula is C20H30O3. The third-order valence-corrected chi connectivity index (χ3v) is 6.79. The summed E-state index contributed by atoms with van der Waals surface area (Å²) in [5, 5.41) is 21.2. The summed E-state index contributed by atoms with van der Waals surface area (Å²) in [6.45, 7) is 11.2. The predicted octanol–water partition coefficient (Wildman–Crippen LogP) is 4.47. The number of rotatable bonds is 3. The standard InChI is InChI=1S/C20H30O3/c1-13-15(10-17(22)14-6-9-23-12-14)20(4)8-5-7-19(2,3)18(20)11-16(13)21/h6,9,12,15-18,21-22H,1,5,7-8,10-11H2,2-4H3/t15-,16-,17+,18-,20+/m0/s1. The van der Waals surface area contributed by atoms with E-state index in [9.17, 15) is 10.2 Å². The Morgan fingerprint density at radius 3 is 2.74 bits per heavy atom. The van der Waals surface area contributed by atoms with Gasteiger partial charge in [0.15, 0.2) is 0 Å². The van der Waals surface area contributed by atoms with Gasteiger partial charge in [0, 0.05) is 5.56 Å². The van der Waals surface area contributed by atoms with E-state index in [-0.39, 0.29) is 16.7 Å². The third kappa shape index (κ3) is 2.78. The summed E-state index contributed by atoms with van der Waals surface area (Å²) in [6, 6.07) is 1.82. The van der Waals surface area contributed by atoms with Gasteiger partial charge in [-0.15, -0.1) is 0 Å². The number of aliphatic hydroxyl groups excluding tert-OH is 2. The molecule has 0 amide bonds. The molecule has 0 spiro atoms. The van der Waals surface area contributed by atoms with Gasteiger partial charge in [-0.3, -0.25) is 0 Å². The van der Waals surface area contributed by atoms with Crippen LogP contribution in [0.3, 0.4) is 0 Å². The second kappa shape index (κ2) is 5.78. The topological polar surface area (TPSA) is 53.6 Å². The zero-order valence-corrected chi connectivity index (χ0v) is 14.6. The lowest BCUT2D eigenvalue weighted by atomic mass is 9.46. The molecule has 2 fully saturated rings. The van der Waals surface area contributed by atoms with Crippen LogP contribution in [0.4, 0.5) is 0 Å². The predicted molar refractivity (Wildman–Crippen MR) is 90.8 cm³/mol. The molecule has 1 aromatic heterocycles. The van der Waals surface area contributed by atoms with Gasteiger partial charge in [0.25, 0.3) is 0 Å². The van der Waals surface area contributed by atoms with Crippen molar-refractivity contribution in [3.8, 4) is 0 Å². The largest absolute Gasteiger partial charge is 0.472 e. The molecule has 2 aliphatic carbocycles. The number of hydrogen-bond acceptors (Lipinski definition) is 3. The van der Waals surface area contributed by atoms with Gasteiger partial charge in [-0.05, 0) is 60.0 Å². The van der Waals surface area contributed by atoms with Gasteiger partial charge in [-0.25, -0.2) is 0 Å². The molecule has 0 aromatic carbocycles. The third-order valence-electron chi connectivity index (χ3n) is 6.79. The Morgan fingerprint density at radius 1 is 1.35 bits per heavy atom. The molecule has 2 N–H and O–H groups in total. The van der Waals surface area contributed by atoms with E-state index >= 15 is 0 Å². The molecule has 3 rings (SSSR count). The molecule has 128 valence electrons. The van der Waals surface area contributed by atoms with Crippen LogP contribution in [0.1, 0.15) is 64.5 Å². The van der Waals surface area contributed by atoms with Crippen molar-refractivity contribution >= 4 is 0 Å². The zero-order chi connectivity index (χ0) is 16.8. The Kier molecular flexibility index (Phi) is 4.22. The summed E-state index contributed by atoms with van der Waals surface area (Å²) in [7, 11) is 0. The summed E-state index contributed by atoms with van der Waals surface area (Å²) in [5.41, 5.74) is 2.05. The second-order valence-corrected chi connectivity index (χ2v) is 8.59. The van der Waals surface area contributed by atoms with Crippen molar-refractivity contribution in [3.05, 3.63) is 36.3 Å². The molecule has 5 atom stereocenters. The summed E-state index contributed by atoms with van der Waals surface area (Å²) in [5.74, 6) is 0.603. The van der Waals surface area contributed by atoms with Crippen LogP contribution in [0.2, 0.25) is 0 Å². The van der Waals surface area contributed by atoms with Crippen LogP contribution < -0.4 is 0 Å². The molecule has 0 bridgehead atoms. The number of hydrogen-bond donors (Lipinski definition) is 2. The van der Waals surface area contributed by atoms with Crippen molar-refractivity contribution in [3.63, 3.8) is 0 Å².